The van der Waals surface area contributed by atoms with E-state index < -0.39 is 12.0 Å². The van der Waals surface area contributed by atoms with Crippen LogP contribution in [0.5, 0.6) is 5.75 Å². The molecule has 0 spiro atoms. The fraction of sp³-hybridized carbons (Fsp3) is 0.381. The number of rotatable bonds is 6. The molecule has 4 rings (SSSR count). The number of carbonyl (C=O) groups is 3. The number of methoxy groups -OCH3 is 1. The van der Waals surface area contributed by atoms with Gasteiger partial charge in [0.2, 0.25) is 17.7 Å². The van der Waals surface area contributed by atoms with Crippen LogP contribution in [0.1, 0.15) is 12.2 Å². The maximum absolute atomic E-state index is 13.1. The fourth-order valence-corrected chi connectivity index (χ4v) is 4.86. The second-order valence-electron chi connectivity index (χ2n) is 7.30. The monoisotopic (exact) mass is 429 g/mol. The van der Waals surface area contributed by atoms with Crippen molar-refractivity contribution in [2.75, 3.05) is 30.6 Å². The van der Waals surface area contributed by atoms with Crippen LogP contribution in [0, 0.1) is 5.92 Å². The van der Waals surface area contributed by atoms with E-state index in [-0.39, 0.29) is 24.1 Å². The summed E-state index contributed by atoms with van der Waals surface area (Å²) in [6.07, 6.45) is 1.72. The zero-order chi connectivity index (χ0) is 21.1. The molecule has 0 saturated carbocycles. The van der Waals surface area contributed by atoms with Gasteiger partial charge in [0.05, 0.1) is 31.7 Å². The van der Waals surface area contributed by atoms with Crippen molar-refractivity contribution in [1.82, 2.24) is 9.80 Å². The van der Waals surface area contributed by atoms with Crippen molar-refractivity contribution >= 4 is 35.2 Å². The predicted molar refractivity (Wildman–Crippen MR) is 112 cm³/mol. The van der Waals surface area contributed by atoms with Crippen LogP contribution in [0.15, 0.2) is 47.1 Å². The number of ether oxygens (including phenoxy) is 1. The molecule has 2 aliphatic heterocycles. The molecule has 158 valence electrons. The summed E-state index contributed by atoms with van der Waals surface area (Å²) in [5.41, 5.74) is 0.644. The quantitative estimate of drug-likeness (QED) is 0.757. The van der Waals surface area contributed by atoms with Crippen LogP contribution in [-0.4, -0.2) is 58.8 Å². The molecule has 3 heterocycles. The normalized spacial score (nSPS) is 21.2. The Labute approximate surface area is 178 Å². The smallest absolute Gasteiger partial charge is 0.248 e. The third-order valence-corrected chi connectivity index (χ3v) is 6.33. The summed E-state index contributed by atoms with van der Waals surface area (Å²) in [7, 11) is 1.58. The van der Waals surface area contributed by atoms with Crippen molar-refractivity contribution in [3.8, 4) is 5.75 Å². The molecule has 1 aromatic carbocycles. The Morgan fingerprint density at radius 2 is 2.07 bits per heavy atom. The highest BCUT2D eigenvalue weighted by atomic mass is 32.2. The van der Waals surface area contributed by atoms with Gasteiger partial charge in [0, 0.05) is 24.4 Å². The van der Waals surface area contributed by atoms with E-state index in [0.717, 1.165) is 0 Å². The Kier molecular flexibility index (Phi) is 5.98. The molecule has 2 aromatic rings. The number of benzene rings is 1. The number of furan rings is 1. The summed E-state index contributed by atoms with van der Waals surface area (Å²) in [6, 6.07) is 10.1. The predicted octanol–water partition coefficient (Wildman–Crippen LogP) is 2.18. The number of hydrogen-bond donors (Lipinski definition) is 1. The number of likely N-dealkylation sites (tertiary alicyclic amines) is 1. The van der Waals surface area contributed by atoms with Gasteiger partial charge in [-0.15, -0.1) is 11.8 Å². The summed E-state index contributed by atoms with van der Waals surface area (Å²) in [4.78, 5) is 41.5. The Bertz CT molecular complexity index is 915. The Balaban J connectivity index is 1.38. The Morgan fingerprint density at radius 1 is 1.27 bits per heavy atom. The number of anilines is 1. The molecule has 3 amide bonds. The van der Waals surface area contributed by atoms with Crippen molar-refractivity contribution in [2.45, 2.75) is 19.0 Å². The molecule has 0 radical (unpaired) electrons. The lowest BCUT2D eigenvalue weighted by Gasteiger charge is -2.25. The van der Waals surface area contributed by atoms with Gasteiger partial charge in [-0.05, 0) is 36.4 Å². The highest BCUT2D eigenvalue weighted by Gasteiger charge is 2.42. The third kappa shape index (κ3) is 4.30. The van der Waals surface area contributed by atoms with Crippen molar-refractivity contribution in [3.63, 3.8) is 0 Å². The molecule has 0 bridgehead atoms. The first-order chi connectivity index (χ1) is 14.5. The van der Waals surface area contributed by atoms with Gasteiger partial charge in [0.25, 0.3) is 0 Å². The number of nitrogens with one attached hydrogen (secondary N) is 1. The highest BCUT2D eigenvalue weighted by Crippen LogP contribution is 2.29. The molecule has 2 saturated heterocycles. The molecule has 2 atom stereocenters. The summed E-state index contributed by atoms with van der Waals surface area (Å²) in [6.45, 7) is 0.693. The number of nitrogens with zero attached hydrogens (tertiary/aromatic N) is 2. The van der Waals surface area contributed by atoms with E-state index >= 15 is 0 Å². The van der Waals surface area contributed by atoms with Crippen LogP contribution in [0.2, 0.25) is 0 Å². The number of hydrogen-bond acceptors (Lipinski definition) is 6. The molecule has 30 heavy (non-hydrogen) atoms. The first kappa shape index (κ1) is 20.3. The van der Waals surface area contributed by atoms with Gasteiger partial charge in [-0.1, -0.05) is 0 Å². The first-order valence-electron chi connectivity index (χ1n) is 9.68. The van der Waals surface area contributed by atoms with Crippen LogP contribution in [0.3, 0.4) is 0 Å². The largest absolute Gasteiger partial charge is 0.497 e. The van der Waals surface area contributed by atoms with Crippen LogP contribution in [0.25, 0.3) is 0 Å². The lowest BCUT2D eigenvalue weighted by atomic mass is 10.1. The second-order valence-corrected chi connectivity index (χ2v) is 8.30. The van der Waals surface area contributed by atoms with Crippen LogP contribution in [0.4, 0.5) is 5.69 Å². The standard InChI is InChI=1S/C21H23N3O5S/c1-28-16-6-4-15(5-7-16)22-20(26)18-12-30-13-24(18)21(27)14-9-19(25)23(10-14)11-17-3-2-8-29-17/h2-8,14,18H,9-13H2,1H3,(H,22,26). The molecule has 1 N–H and O–H groups in total. The lowest BCUT2D eigenvalue weighted by molar-refractivity contribution is -0.139. The first-order valence-corrected chi connectivity index (χ1v) is 10.8. The van der Waals surface area contributed by atoms with Gasteiger partial charge in [0.15, 0.2) is 0 Å². The minimum atomic E-state index is -0.557. The topological polar surface area (TPSA) is 92.1 Å². The van der Waals surface area contributed by atoms with Crippen molar-refractivity contribution < 1.29 is 23.5 Å². The minimum absolute atomic E-state index is 0.0733. The molecule has 8 nitrogen and oxygen atoms in total. The molecular formula is C21H23N3O5S. The number of amides is 3. The Morgan fingerprint density at radius 3 is 2.77 bits per heavy atom. The molecular weight excluding hydrogens is 406 g/mol. The average molecular weight is 429 g/mol. The van der Waals surface area contributed by atoms with E-state index in [2.05, 4.69) is 5.32 Å². The molecule has 9 heteroatoms. The molecule has 0 aliphatic carbocycles. The van der Waals surface area contributed by atoms with Gasteiger partial charge < -0.3 is 24.3 Å². The number of thioether (sulfide) groups is 1. The summed E-state index contributed by atoms with van der Waals surface area (Å²) in [5, 5.41) is 2.87. The lowest BCUT2D eigenvalue weighted by Crippen LogP contribution is -2.47. The van der Waals surface area contributed by atoms with Gasteiger partial charge in [-0.2, -0.15) is 0 Å². The molecule has 1 aromatic heterocycles. The van der Waals surface area contributed by atoms with Crippen molar-refractivity contribution in [2.24, 2.45) is 5.92 Å². The van der Waals surface area contributed by atoms with Gasteiger partial charge in [0.1, 0.15) is 17.6 Å². The van der Waals surface area contributed by atoms with E-state index in [4.69, 9.17) is 9.15 Å². The average Bonchev–Trinajstić information content (AvgIpc) is 3.50. The van der Waals surface area contributed by atoms with Gasteiger partial charge in [-0.3, -0.25) is 14.4 Å². The van der Waals surface area contributed by atoms with Crippen LogP contribution in [-0.2, 0) is 20.9 Å². The third-order valence-electron chi connectivity index (χ3n) is 5.32. The summed E-state index contributed by atoms with van der Waals surface area (Å²) < 4.78 is 10.4. The summed E-state index contributed by atoms with van der Waals surface area (Å²) >= 11 is 1.54. The minimum Gasteiger partial charge on any atom is -0.497 e. The van der Waals surface area contributed by atoms with Crippen molar-refractivity contribution in [1.29, 1.82) is 0 Å². The molecule has 2 aliphatic rings. The number of carbonyl (C=O) groups excluding carboxylic acids is 3. The highest BCUT2D eigenvalue weighted by molar-refractivity contribution is 7.99. The van der Waals surface area contributed by atoms with E-state index in [1.165, 1.54) is 11.8 Å². The van der Waals surface area contributed by atoms with Crippen molar-refractivity contribution in [3.05, 3.63) is 48.4 Å². The van der Waals surface area contributed by atoms with E-state index in [0.29, 0.717) is 41.9 Å². The van der Waals surface area contributed by atoms with Gasteiger partial charge in [-0.25, -0.2) is 0 Å². The van der Waals surface area contributed by atoms with Crippen LogP contribution < -0.4 is 10.1 Å². The zero-order valence-corrected chi connectivity index (χ0v) is 17.4. The maximum atomic E-state index is 13.1. The molecule has 2 fully saturated rings. The van der Waals surface area contributed by atoms with E-state index in [1.54, 1.807) is 59.6 Å². The zero-order valence-electron chi connectivity index (χ0n) is 16.6. The summed E-state index contributed by atoms with van der Waals surface area (Å²) in [5.74, 6) is 1.47. The second kappa shape index (κ2) is 8.83. The van der Waals surface area contributed by atoms with Gasteiger partial charge >= 0.3 is 0 Å². The van der Waals surface area contributed by atoms with E-state index in [9.17, 15) is 14.4 Å². The van der Waals surface area contributed by atoms with E-state index in [1.807, 2.05) is 0 Å². The SMILES string of the molecule is COc1ccc(NC(=O)C2CSCN2C(=O)C2CC(=O)N(Cc3ccco3)C2)cc1. The Hall–Kier alpha value is -2.94. The fourth-order valence-electron chi connectivity index (χ4n) is 3.69. The maximum Gasteiger partial charge on any atom is 0.248 e. The molecule has 2 unspecified atom stereocenters. The van der Waals surface area contributed by atoms with Crippen LogP contribution >= 0.6 is 11.8 Å².